The molecule has 0 fully saturated rings. The Balaban J connectivity index is 1.81. The number of nitrogens with zero attached hydrogens (tertiary/aromatic N) is 2. The fourth-order valence-corrected chi connectivity index (χ4v) is 1.60. The zero-order chi connectivity index (χ0) is 13.7. The van der Waals surface area contributed by atoms with Gasteiger partial charge >= 0.3 is 6.01 Å². The van der Waals surface area contributed by atoms with E-state index in [0.29, 0.717) is 18.5 Å². The van der Waals surface area contributed by atoms with E-state index in [1.54, 1.807) is 14.0 Å². The lowest BCUT2D eigenvalue weighted by molar-refractivity contribution is 0.414. The summed E-state index contributed by atoms with van der Waals surface area (Å²) in [6.45, 7) is 2.52. The molecule has 6 heteroatoms. The number of hydrogen-bond donors (Lipinski definition) is 2. The number of hydrogen-bond acceptors (Lipinski definition) is 6. The minimum absolute atomic E-state index is 0.246. The molecular weight excluding hydrogens is 244 g/mol. The Morgan fingerprint density at radius 1 is 1.32 bits per heavy atom. The van der Waals surface area contributed by atoms with E-state index in [0.717, 1.165) is 12.2 Å². The molecule has 0 radical (unpaired) electrons. The van der Waals surface area contributed by atoms with E-state index in [1.807, 2.05) is 24.3 Å². The van der Waals surface area contributed by atoms with Crippen LogP contribution in [-0.2, 0) is 6.42 Å². The molecule has 0 aliphatic heterocycles. The number of benzene rings is 1. The lowest BCUT2D eigenvalue weighted by Gasteiger charge is -2.04. The Bertz CT molecular complexity index is 508. The number of aromatic nitrogens is 2. The summed E-state index contributed by atoms with van der Waals surface area (Å²) in [5.41, 5.74) is 6.85. The first kappa shape index (κ1) is 13.4. The van der Waals surface area contributed by atoms with E-state index in [9.17, 15) is 0 Å². The summed E-state index contributed by atoms with van der Waals surface area (Å²) >= 11 is 0. The van der Waals surface area contributed by atoms with Gasteiger partial charge in [-0.05, 0) is 31.0 Å². The third-order valence-electron chi connectivity index (χ3n) is 2.68. The predicted molar refractivity (Wildman–Crippen MR) is 72.1 cm³/mol. The monoisotopic (exact) mass is 262 g/mol. The zero-order valence-corrected chi connectivity index (χ0v) is 11.1. The summed E-state index contributed by atoms with van der Waals surface area (Å²) in [6.07, 6.45) is 0.861. The lowest BCUT2D eigenvalue weighted by atomic mass is 10.1. The van der Waals surface area contributed by atoms with Gasteiger partial charge in [-0.3, -0.25) is 0 Å². The van der Waals surface area contributed by atoms with Gasteiger partial charge in [-0.1, -0.05) is 17.2 Å². The number of ether oxygens (including phenoxy) is 1. The third kappa shape index (κ3) is 3.69. The fraction of sp³-hybridized carbons (Fsp3) is 0.385. The second kappa shape index (κ2) is 6.19. The fourth-order valence-electron chi connectivity index (χ4n) is 1.60. The van der Waals surface area contributed by atoms with E-state index in [1.165, 1.54) is 5.56 Å². The van der Waals surface area contributed by atoms with Crippen molar-refractivity contribution in [3.05, 3.63) is 35.7 Å². The smallest absolute Gasteiger partial charge is 0.315 e. The molecule has 0 aliphatic carbocycles. The summed E-state index contributed by atoms with van der Waals surface area (Å²) < 4.78 is 10.4. The van der Waals surface area contributed by atoms with Crippen molar-refractivity contribution in [3.63, 3.8) is 0 Å². The molecule has 0 saturated heterocycles. The summed E-state index contributed by atoms with van der Waals surface area (Å²) in [6, 6.07) is 8.10. The van der Waals surface area contributed by atoms with Crippen molar-refractivity contribution in [2.45, 2.75) is 19.4 Å². The summed E-state index contributed by atoms with van der Waals surface area (Å²) in [5, 5.41) is 10.8. The molecule has 0 aliphatic rings. The number of nitrogens with one attached hydrogen (secondary N) is 1. The first-order valence-corrected chi connectivity index (χ1v) is 6.15. The van der Waals surface area contributed by atoms with Gasteiger partial charge in [-0.15, -0.1) is 5.10 Å². The maximum atomic E-state index is 5.64. The molecule has 1 heterocycles. The number of methoxy groups -OCH3 is 1. The van der Waals surface area contributed by atoms with E-state index in [4.69, 9.17) is 14.9 Å². The quantitative estimate of drug-likeness (QED) is 0.824. The molecule has 2 aromatic rings. The van der Waals surface area contributed by atoms with Gasteiger partial charge in [0.1, 0.15) is 5.75 Å². The second-order valence-corrected chi connectivity index (χ2v) is 4.26. The van der Waals surface area contributed by atoms with E-state index in [-0.39, 0.29) is 6.04 Å². The molecule has 3 N–H and O–H groups in total. The van der Waals surface area contributed by atoms with Crippen LogP contribution in [0.4, 0.5) is 6.01 Å². The van der Waals surface area contributed by atoms with Crippen molar-refractivity contribution in [2.24, 2.45) is 5.73 Å². The molecule has 6 nitrogen and oxygen atoms in total. The summed E-state index contributed by atoms with van der Waals surface area (Å²) in [7, 11) is 1.65. The minimum Gasteiger partial charge on any atom is -0.497 e. The van der Waals surface area contributed by atoms with Gasteiger partial charge in [0.15, 0.2) is 0 Å². The first-order valence-electron chi connectivity index (χ1n) is 6.15. The number of anilines is 1. The largest absolute Gasteiger partial charge is 0.497 e. The van der Waals surface area contributed by atoms with Crippen LogP contribution < -0.4 is 15.8 Å². The van der Waals surface area contributed by atoms with Crippen LogP contribution in [0.3, 0.4) is 0 Å². The molecule has 0 spiro atoms. The second-order valence-electron chi connectivity index (χ2n) is 4.26. The van der Waals surface area contributed by atoms with E-state index >= 15 is 0 Å². The lowest BCUT2D eigenvalue weighted by Crippen LogP contribution is -2.05. The molecule has 0 amide bonds. The summed E-state index contributed by atoms with van der Waals surface area (Å²) in [5.74, 6) is 1.29. The first-order chi connectivity index (χ1) is 9.19. The topological polar surface area (TPSA) is 86.2 Å². The average molecular weight is 262 g/mol. The van der Waals surface area contributed by atoms with Gasteiger partial charge < -0.3 is 20.2 Å². The van der Waals surface area contributed by atoms with Crippen molar-refractivity contribution in [1.82, 2.24) is 10.2 Å². The maximum Gasteiger partial charge on any atom is 0.315 e. The van der Waals surface area contributed by atoms with Gasteiger partial charge in [0.05, 0.1) is 13.2 Å². The Kier molecular flexibility index (Phi) is 4.35. The average Bonchev–Trinajstić information content (AvgIpc) is 2.89. The van der Waals surface area contributed by atoms with Crippen LogP contribution in [0.2, 0.25) is 0 Å². The molecular formula is C13H18N4O2. The minimum atomic E-state index is -0.246. The zero-order valence-electron chi connectivity index (χ0n) is 11.1. The van der Waals surface area contributed by atoms with Gasteiger partial charge in [-0.25, -0.2) is 0 Å². The highest BCUT2D eigenvalue weighted by molar-refractivity contribution is 5.28. The van der Waals surface area contributed by atoms with Gasteiger partial charge in [0, 0.05) is 6.54 Å². The molecule has 1 aromatic carbocycles. The van der Waals surface area contributed by atoms with Crippen LogP contribution in [0.5, 0.6) is 5.75 Å². The van der Waals surface area contributed by atoms with Crippen LogP contribution in [0.1, 0.15) is 24.4 Å². The van der Waals surface area contributed by atoms with Crippen LogP contribution >= 0.6 is 0 Å². The van der Waals surface area contributed by atoms with Crippen molar-refractivity contribution >= 4 is 6.01 Å². The standard InChI is InChI=1S/C13H18N4O2/c1-9(14)12-16-17-13(19-12)15-8-7-10-3-5-11(18-2)6-4-10/h3-6,9H,7-8,14H2,1-2H3,(H,15,17). The van der Waals surface area contributed by atoms with Crippen molar-refractivity contribution in [1.29, 1.82) is 0 Å². The molecule has 2 rings (SSSR count). The molecule has 0 saturated carbocycles. The Labute approximate surface area is 112 Å². The van der Waals surface area contributed by atoms with Crippen molar-refractivity contribution < 1.29 is 9.15 Å². The molecule has 102 valence electrons. The highest BCUT2D eigenvalue weighted by atomic mass is 16.5. The van der Waals surface area contributed by atoms with Crippen LogP contribution in [0.25, 0.3) is 0 Å². The highest BCUT2D eigenvalue weighted by Gasteiger charge is 2.08. The highest BCUT2D eigenvalue weighted by Crippen LogP contribution is 2.13. The van der Waals surface area contributed by atoms with Crippen molar-refractivity contribution in [2.75, 3.05) is 19.0 Å². The van der Waals surface area contributed by atoms with E-state index < -0.39 is 0 Å². The van der Waals surface area contributed by atoms with Gasteiger partial charge in [-0.2, -0.15) is 0 Å². The third-order valence-corrected chi connectivity index (χ3v) is 2.68. The van der Waals surface area contributed by atoms with Gasteiger partial charge in [0.2, 0.25) is 5.89 Å². The molecule has 1 atom stereocenters. The predicted octanol–water partition coefficient (Wildman–Crippen LogP) is 1.75. The molecule has 1 unspecified atom stereocenters. The summed E-state index contributed by atoms with van der Waals surface area (Å²) in [4.78, 5) is 0. The maximum absolute atomic E-state index is 5.64. The Morgan fingerprint density at radius 3 is 2.63 bits per heavy atom. The number of rotatable bonds is 6. The van der Waals surface area contributed by atoms with Gasteiger partial charge in [0.25, 0.3) is 0 Å². The molecule has 19 heavy (non-hydrogen) atoms. The Morgan fingerprint density at radius 2 is 2.05 bits per heavy atom. The number of nitrogens with two attached hydrogens (primary N) is 1. The van der Waals surface area contributed by atoms with Crippen LogP contribution in [0.15, 0.2) is 28.7 Å². The normalized spacial score (nSPS) is 12.2. The van der Waals surface area contributed by atoms with E-state index in [2.05, 4.69) is 15.5 Å². The Hall–Kier alpha value is -2.08. The van der Waals surface area contributed by atoms with Crippen molar-refractivity contribution in [3.8, 4) is 5.75 Å². The SMILES string of the molecule is COc1ccc(CCNc2nnc(C(C)N)o2)cc1. The molecule has 0 bridgehead atoms. The van der Waals surface area contributed by atoms with Crippen LogP contribution in [-0.4, -0.2) is 23.9 Å². The molecule has 1 aromatic heterocycles. The van der Waals surface area contributed by atoms with Crippen LogP contribution in [0, 0.1) is 0 Å².